The average molecular weight is 214 g/mol. The smallest absolute Gasteiger partial charge is 0.168 e. The SMILES string of the molecule is O=Cc1ccc(OCc2cccnc2)cn1. The largest absolute Gasteiger partial charge is 0.487 e. The molecule has 2 aromatic rings. The van der Waals surface area contributed by atoms with Gasteiger partial charge in [0.15, 0.2) is 6.29 Å². The summed E-state index contributed by atoms with van der Waals surface area (Å²) in [4.78, 5) is 18.3. The minimum Gasteiger partial charge on any atom is -0.487 e. The van der Waals surface area contributed by atoms with E-state index in [0.29, 0.717) is 24.3 Å². The molecule has 0 atom stereocenters. The van der Waals surface area contributed by atoms with E-state index >= 15 is 0 Å². The lowest BCUT2D eigenvalue weighted by Crippen LogP contribution is -1.96. The van der Waals surface area contributed by atoms with E-state index < -0.39 is 0 Å². The Balaban J connectivity index is 1.97. The Kier molecular flexibility index (Phi) is 3.23. The fourth-order valence-corrected chi connectivity index (χ4v) is 1.20. The highest BCUT2D eigenvalue weighted by Crippen LogP contribution is 2.10. The normalized spacial score (nSPS) is 9.75. The topological polar surface area (TPSA) is 52.1 Å². The van der Waals surface area contributed by atoms with Crippen molar-refractivity contribution in [1.82, 2.24) is 9.97 Å². The van der Waals surface area contributed by atoms with Gasteiger partial charge in [-0.1, -0.05) is 6.07 Å². The summed E-state index contributed by atoms with van der Waals surface area (Å²) in [5, 5.41) is 0. The van der Waals surface area contributed by atoms with Gasteiger partial charge in [0, 0.05) is 18.0 Å². The minimum absolute atomic E-state index is 0.397. The Morgan fingerprint density at radius 1 is 1.25 bits per heavy atom. The van der Waals surface area contributed by atoms with E-state index in [4.69, 9.17) is 4.74 Å². The summed E-state index contributed by atoms with van der Waals surface area (Å²) in [6, 6.07) is 7.12. The number of hydrogen-bond acceptors (Lipinski definition) is 4. The maximum atomic E-state index is 10.4. The Morgan fingerprint density at radius 2 is 2.19 bits per heavy atom. The van der Waals surface area contributed by atoms with Gasteiger partial charge >= 0.3 is 0 Å². The van der Waals surface area contributed by atoms with Crippen molar-refractivity contribution in [2.24, 2.45) is 0 Å². The third-order valence-electron chi connectivity index (χ3n) is 2.01. The highest BCUT2D eigenvalue weighted by atomic mass is 16.5. The van der Waals surface area contributed by atoms with E-state index in [1.165, 1.54) is 6.20 Å². The molecule has 0 N–H and O–H groups in total. The molecule has 2 rings (SSSR count). The fourth-order valence-electron chi connectivity index (χ4n) is 1.20. The van der Waals surface area contributed by atoms with Crippen molar-refractivity contribution < 1.29 is 9.53 Å². The molecule has 2 aromatic heterocycles. The van der Waals surface area contributed by atoms with Gasteiger partial charge in [-0.05, 0) is 18.2 Å². The van der Waals surface area contributed by atoms with E-state index in [1.54, 1.807) is 24.5 Å². The maximum Gasteiger partial charge on any atom is 0.168 e. The molecule has 0 amide bonds. The molecule has 2 heterocycles. The van der Waals surface area contributed by atoms with Crippen LogP contribution in [0.3, 0.4) is 0 Å². The van der Waals surface area contributed by atoms with Gasteiger partial charge in [0.2, 0.25) is 0 Å². The van der Waals surface area contributed by atoms with Gasteiger partial charge in [-0.2, -0.15) is 0 Å². The van der Waals surface area contributed by atoms with Gasteiger partial charge in [-0.15, -0.1) is 0 Å². The summed E-state index contributed by atoms with van der Waals surface area (Å²) in [6.45, 7) is 0.440. The van der Waals surface area contributed by atoms with Crippen LogP contribution in [-0.2, 0) is 6.61 Å². The first-order valence-electron chi connectivity index (χ1n) is 4.81. The van der Waals surface area contributed by atoms with Crippen LogP contribution < -0.4 is 4.74 Å². The van der Waals surface area contributed by atoms with Gasteiger partial charge in [0.05, 0.1) is 6.20 Å². The number of carbonyl (C=O) groups excluding carboxylic acids is 1. The summed E-state index contributed by atoms with van der Waals surface area (Å²) in [5.74, 6) is 0.634. The van der Waals surface area contributed by atoms with Gasteiger partial charge in [0.1, 0.15) is 18.1 Å². The van der Waals surface area contributed by atoms with Crippen LogP contribution >= 0.6 is 0 Å². The first-order valence-corrected chi connectivity index (χ1v) is 4.81. The van der Waals surface area contributed by atoms with Crippen LogP contribution in [0, 0.1) is 0 Å². The van der Waals surface area contributed by atoms with E-state index in [2.05, 4.69) is 9.97 Å². The van der Waals surface area contributed by atoms with Crippen molar-refractivity contribution in [3.8, 4) is 5.75 Å². The molecule has 0 aromatic carbocycles. The van der Waals surface area contributed by atoms with Gasteiger partial charge in [-0.25, -0.2) is 4.98 Å². The molecule has 0 spiro atoms. The lowest BCUT2D eigenvalue weighted by molar-refractivity contribution is 0.111. The second-order valence-electron chi connectivity index (χ2n) is 3.19. The zero-order valence-electron chi connectivity index (χ0n) is 8.54. The molecule has 0 bridgehead atoms. The molecule has 0 radical (unpaired) electrons. The van der Waals surface area contributed by atoms with E-state index in [-0.39, 0.29) is 0 Å². The van der Waals surface area contributed by atoms with Gasteiger partial charge < -0.3 is 4.74 Å². The van der Waals surface area contributed by atoms with Crippen LogP contribution in [0.2, 0.25) is 0 Å². The molecule has 16 heavy (non-hydrogen) atoms. The van der Waals surface area contributed by atoms with Crippen molar-refractivity contribution in [3.05, 3.63) is 54.1 Å². The van der Waals surface area contributed by atoms with E-state index in [0.717, 1.165) is 5.56 Å². The summed E-state index contributed by atoms with van der Waals surface area (Å²) in [7, 11) is 0. The number of nitrogens with zero attached hydrogens (tertiary/aromatic N) is 2. The lowest BCUT2D eigenvalue weighted by Gasteiger charge is -2.04. The van der Waals surface area contributed by atoms with Crippen molar-refractivity contribution >= 4 is 6.29 Å². The summed E-state index contributed by atoms with van der Waals surface area (Å²) >= 11 is 0. The Hall–Kier alpha value is -2.23. The third kappa shape index (κ3) is 2.63. The number of rotatable bonds is 4. The molecule has 0 saturated heterocycles. The first kappa shape index (κ1) is 10.3. The molecule has 0 fully saturated rings. The summed E-state index contributed by atoms with van der Waals surface area (Å²) < 4.78 is 5.47. The lowest BCUT2D eigenvalue weighted by atomic mass is 10.3. The zero-order valence-corrected chi connectivity index (χ0v) is 8.54. The molecule has 4 heteroatoms. The van der Waals surface area contributed by atoms with E-state index in [1.807, 2.05) is 12.1 Å². The van der Waals surface area contributed by atoms with Crippen molar-refractivity contribution in [2.75, 3.05) is 0 Å². The number of aldehydes is 1. The molecule has 0 unspecified atom stereocenters. The molecule has 80 valence electrons. The van der Waals surface area contributed by atoms with Gasteiger partial charge in [0.25, 0.3) is 0 Å². The number of pyridine rings is 2. The summed E-state index contributed by atoms with van der Waals surface area (Å²) in [6.07, 6.45) is 5.68. The molecule has 4 nitrogen and oxygen atoms in total. The quantitative estimate of drug-likeness (QED) is 0.729. The number of aromatic nitrogens is 2. The second kappa shape index (κ2) is 5.02. The monoisotopic (exact) mass is 214 g/mol. The maximum absolute atomic E-state index is 10.4. The standard InChI is InChI=1S/C12H10N2O2/c15-8-11-3-4-12(7-14-11)16-9-10-2-1-5-13-6-10/h1-8H,9H2. The predicted molar refractivity (Wildman–Crippen MR) is 58.2 cm³/mol. The fraction of sp³-hybridized carbons (Fsp3) is 0.0833. The van der Waals surface area contributed by atoms with Crippen LogP contribution in [-0.4, -0.2) is 16.3 Å². The van der Waals surface area contributed by atoms with Crippen LogP contribution in [0.25, 0.3) is 0 Å². The van der Waals surface area contributed by atoms with Crippen LogP contribution in [0.15, 0.2) is 42.9 Å². The van der Waals surface area contributed by atoms with Crippen molar-refractivity contribution in [1.29, 1.82) is 0 Å². The first-order chi connectivity index (χ1) is 7.88. The molecule has 0 aliphatic heterocycles. The molecule has 0 aliphatic rings. The predicted octanol–water partition coefficient (Wildman–Crippen LogP) is 1.87. The third-order valence-corrected chi connectivity index (χ3v) is 2.01. The number of carbonyl (C=O) groups is 1. The highest BCUT2D eigenvalue weighted by Gasteiger charge is 1.97. The van der Waals surface area contributed by atoms with Crippen molar-refractivity contribution in [2.45, 2.75) is 6.61 Å². The molecule has 0 aliphatic carbocycles. The molecular weight excluding hydrogens is 204 g/mol. The number of hydrogen-bond donors (Lipinski definition) is 0. The molecular formula is C12H10N2O2. The van der Waals surface area contributed by atoms with Crippen LogP contribution in [0.4, 0.5) is 0 Å². The van der Waals surface area contributed by atoms with Crippen LogP contribution in [0.5, 0.6) is 5.75 Å². The van der Waals surface area contributed by atoms with E-state index in [9.17, 15) is 4.79 Å². The molecule has 0 saturated carbocycles. The highest BCUT2D eigenvalue weighted by molar-refractivity contribution is 5.71. The Bertz CT molecular complexity index is 454. The number of ether oxygens (including phenoxy) is 1. The Labute approximate surface area is 92.9 Å². The zero-order chi connectivity index (χ0) is 11.2. The van der Waals surface area contributed by atoms with Crippen molar-refractivity contribution in [3.63, 3.8) is 0 Å². The second-order valence-corrected chi connectivity index (χ2v) is 3.19. The Morgan fingerprint density at radius 3 is 2.81 bits per heavy atom. The van der Waals surface area contributed by atoms with Gasteiger partial charge in [-0.3, -0.25) is 9.78 Å². The summed E-state index contributed by atoms with van der Waals surface area (Å²) in [5.41, 5.74) is 1.38. The average Bonchev–Trinajstić information content (AvgIpc) is 2.38. The minimum atomic E-state index is 0.397. The van der Waals surface area contributed by atoms with Crippen LogP contribution in [0.1, 0.15) is 16.1 Å².